The number of nitro benzene ring substituents is 1. The second-order valence-electron chi connectivity index (χ2n) is 4.96. The maximum atomic E-state index is 12.1. The molecule has 126 valence electrons. The van der Waals surface area contributed by atoms with Gasteiger partial charge in [0, 0.05) is 36.2 Å². The highest BCUT2D eigenvalue weighted by Gasteiger charge is 2.19. The zero-order valence-corrected chi connectivity index (χ0v) is 14.0. The van der Waals surface area contributed by atoms with E-state index in [9.17, 15) is 19.7 Å². The second-order valence-corrected chi connectivity index (χ2v) is 6.06. The molecule has 2 N–H and O–H groups in total. The molecule has 1 atom stereocenters. The van der Waals surface area contributed by atoms with E-state index in [2.05, 4.69) is 10.6 Å². The molecule has 1 aromatic carbocycles. The summed E-state index contributed by atoms with van der Waals surface area (Å²) in [5.41, 5.74) is -0.00141. The highest BCUT2D eigenvalue weighted by Crippen LogP contribution is 2.23. The molecule has 0 aliphatic carbocycles. The van der Waals surface area contributed by atoms with E-state index in [1.165, 1.54) is 30.8 Å². The number of nitrogens with one attached hydrogen (secondary N) is 2. The zero-order valence-electron chi connectivity index (χ0n) is 13.2. The zero-order chi connectivity index (χ0) is 17.2. The Hall–Kier alpha value is -2.09. The van der Waals surface area contributed by atoms with Crippen LogP contribution in [-0.4, -0.2) is 35.1 Å². The lowest BCUT2D eigenvalue weighted by atomic mass is 10.3. The maximum absolute atomic E-state index is 12.1. The molecule has 0 aliphatic rings. The number of nitrogens with zero attached hydrogens (tertiary/aromatic N) is 1. The van der Waals surface area contributed by atoms with Gasteiger partial charge in [-0.25, -0.2) is 0 Å². The van der Waals surface area contributed by atoms with E-state index in [1.807, 2.05) is 6.92 Å². The minimum Gasteiger partial charge on any atom is -0.354 e. The quantitative estimate of drug-likeness (QED) is 0.310. The van der Waals surface area contributed by atoms with E-state index >= 15 is 0 Å². The monoisotopic (exact) mass is 339 g/mol. The number of nitro groups is 1. The molecule has 0 fully saturated rings. The summed E-state index contributed by atoms with van der Waals surface area (Å²) in [5, 5.41) is 16.2. The number of thioether (sulfide) groups is 1. The van der Waals surface area contributed by atoms with Crippen LogP contribution in [0.2, 0.25) is 0 Å². The van der Waals surface area contributed by atoms with E-state index in [-0.39, 0.29) is 17.5 Å². The number of unbranched alkanes of at least 4 members (excludes halogenated alkanes) is 1. The largest absolute Gasteiger partial charge is 0.354 e. The lowest BCUT2D eigenvalue weighted by Crippen LogP contribution is -2.47. The summed E-state index contributed by atoms with van der Waals surface area (Å²) in [6, 6.07) is 5.51. The molecular weight excluding hydrogens is 318 g/mol. The number of rotatable bonds is 9. The number of carbonyl (C=O) groups is 2. The van der Waals surface area contributed by atoms with Crippen LogP contribution in [0.25, 0.3) is 0 Å². The number of non-ortho nitro benzene ring substituents is 1. The van der Waals surface area contributed by atoms with Gasteiger partial charge in [0.1, 0.15) is 6.04 Å². The summed E-state index contributed by atoms with van der Waals surface area (Å²) in [6.07, 6.45) is 1.84. The summed E-state index contributed by atoms with van der Waals surface area (Å²) >= 11 is 1.29. The Morgan fingerprint density at radius 2 is 2.13 bits per heavy atom. The van der Waals surface area contributed by atoms with Gasteiger partial charge >= 0.3 is 0 Å². The van der Waals surface area contributed by atoms with Crippen LogP contribution < -0.4 is 10.6 Å². The Morgan fingerprint density at radius 1 is 1.39 bits per heavy atom. The van der Waals surface area contributed by atoms with Crippen LogP contribution in [-0.2, 0) is 9.59 Å². The van der Waals surface area contributed by atoms with E-state index in [1.54, 1.807) is 12.1 Å². The molecule has 0 spiro atoms. The van der Waals surface area contributed by atoms with Crippen LogP contribution in [0.15, 0.2) is 29.2 Å². The molecule has 0 heterocycles. The molecular formula is C15H21N3O4S. The normalized spacial score (nSPS) is 11.6. The van der Waals surface area contributed by atoms with Crippen molar-refractivity contribution in [2.24, 2.45) is 0 Å². The van der Waals surface area contributed by atoms with Gasteiger partial charge in [-0.3, -0.25) is 19.7 Å². The van der Waals surface area contributed by atoms with Crippen LogP contribution in [0.5, 0.6) is 0 Å². The fourth-order valence-electron chi connectivity index (χ4n) is 1.81. The smallest absolute Gasteiger partial charge is 0.270 e. The molecule has 0 aliphatic heterocycles. The Labute approximate surface area is 139 Å². The molecule has 0 saturated carbocycles. The van der Waals surface area contributed by atoms with E-state index in [0.717, 1.165) is 12.8 Å². The number of carbonyl (C=O) groups excluding carboxylic acids is 2. The van der Waals surface area contributed by atoms with Crippen LogP contribution in [0.3, 0.4) is 0 Å². The lowest BCUT2D eigenvalue weighted by Gasteiger charge is -2.17. The third-order valence-electron chi connectivity index (χ3n) is 2.97. The molecule has 0 radical (unpaired) electrons. The van der Waals surface area contributed by atoms with Crippen molar-refractivity contribution in [3.8, 4) is 0 Å². The van der Waals surface area contributed by atoms with Gasteiger partial charge in [0.25, 0.3) is 5.69 Å². The van der Waals surface area contributed by atoms with E-state index in [0.29, 0.717) is 17.2 Å². The van der Waals surface area contributed by atoms with Crippen molar-refractivity contribution in [1.82, 2.24) is 10.6 Å². The van der Waals surface area contributed by atoms with Crippen LogP contribution in [0.4, 0.5) is 5.69 Å². The minimum absolute atomic E-state index is 0.00141. The van der Waals surface area contributed by atoms with Gasteiger partial charge < -0.3 is 10.6 Å². The summed E-state index contributed by atoms with van der Waals surface area (Å²) in [6.45, 7) is 3.94. The first-order valence-corrected chi connectivity index (χ1v) is 8.34. The van der Waals surface area contributed by atoms with Crippen molar-refractivity contribution < 1.29 is 14.5 Å². The molecule has 1 unspecified atom stereocenters. The summed E-state index contributed by atoms with van der Waals surface area (Å²) in [5.74, 6) is -0.231. The second kappa shape index (κ2) is 9.83. The first-order valence-electron chi connectivity index (χ1n) is 7.36. The van der Waals surface area contributed by atoms with E-state index < -0.39 is 11.0 Å². The van der Waals surface area contributed by atoms with Gasteiger partial charge in [-0.15, -0.1) is 11.8 Å². The van der Waals surface area contributed by atoms with E-state index in [4.69, 9.17) is 0 Å². The topological polar surface area (TPSA) is 101 Å². The Morgan fingerprint density at radius 3 is 2.74 bits per heavy atom. The SMILES string of the molecule is CCCCNC(=O)C(CSc1cccc([N+](=O)[O-])c1)NC(C)=O. The third kappa shape index (κ3) is 7.14. The van der Waals surface area contributed by atoms with Gasteiger partial charge in [0.2, 0.25) is 11.8 Å². The van der Waals surface area contributed by atoms with Crippen molar-refractivity contribution in [1.29, 1.82) is 0 Å². The average Bonchev–Trinajstić information content (AvgIpc) is 2.51. The molecule has 8 heteroatoms. The van der Waals surface area contributed by atoms with Gasteiger partial charge in [-0.2, -0.15) is 0 Å². The highest BCUT2D eigenvalue weighted by atomic mass is 32.2. The maximum Gasteiger partial charge on any atom is 0.270 e. The Kier molecular flexibility index (Phi) is 8.10. The number of hydrogen-bond acceptors (Lipinski definition) is 5. The first-order chi connectivity index (χ1) is 10.9. The fraction of sp³-hybridized carbons (Fsp3) is 0.467. The summed E-state index contributed by atoms with van der Waals surface area (Å²) < 4.78 is 0. The predicted molar refractivity (Wildman–Crippen MR) is 89.3 cm³/mol. The van der Waals surface area contributed by atoms with Crippen LogP contribution in [0, 0.1) is 10.1 Å². The van der Waals surface area contributed by atoms with Gasteiger partial charge in [0.05, 0.1) is 4.92 Å². The number of amides is 2. The molecule has 7 nitrogen and oxygen atoms in total. The van der Waals surface area contributed by atoms with Crippen molar-refractivity contribution in [2.75, 3.05) is 12.3 Å². The van der Waals surface area contributed by atoms with Crippen molar-refractivity contribution in [2.45, 2.75) is 37.6 Å². The molecule has 0 saturated heterocycles. The average molecular weight is 339 g/mol. The lowest BCUT2D eigenvalue weighted by molar-refractivity contribution is -0.385. The first kappa shape index (κ1) is 19.0. The van der Waals surface area contributed by atoms with Gasteiger partial charge in [-0.05, 0) is 12.5 Å². The third-order valence-corrected chi connectivity index (χ3v) is 4.06. The Balaban J connectivity index is 2.66. The van der Waals surface area contributed by atoms with Crippen molar-refractivity contribution in [3.63, 3.8) is 0 Å². The molecule has 1 aromatic rings. The highest BCUT2D eigenvalue weighted by molar-refractivity contribution is 7.99. The van der Waals surface area contributed by atoms with Gasteiger partial charge in [-0.1, -0.05) is 19.4 Å². The molecule has 23 heavy (non-hydrogen) atoms. The standard InChI is InChI=1S/C15H21N3O4S/c1-3-4-8-16-15(20)14(17-11(2)19)10-23-13-7-5-6-12(9-13)18(21)22/h5-7,9,14H,3-4,8,10H2,1-2H3,(H,16,20)(H,17,19). The van der Waals surface area contributed by atoms with Crippen molar-refractivity contribution >= 4 is 29.3 Å². The molecule has 1 rings (SSSR count). The predicted octanol–water partition coefficient (Wildman–Crippen LogP) is 2.11. The van der Waals surface area contributed by atoms with Crippen molar-refractivity contribution in [3.05, 3.63) is 34.4 Å². The molecule has 2 amide bonds. The van der Waals surface area contributed by atoms with Gasteiger partial charge in [0.15, 0.2) is 0 Å². The minimum atomic E-state index is -0.673. The Bertz CT molecular complexity index is 565. The molecule has 0 aromatic heterocycles. The van der Waals surface area contributed by atoms with Crippen LogP contribution in [0.1, 0.15) is 26.7 Å². The number of benzene rings is 1. The van der Waals surface area contributed by atoms with Crippen LogP contribution >= 0.6 is 11.8 Å². The number of hydrogen-bond donors (Lipinski definition) is 2. The summed E-state index contributed by atoms with van der Waals surface area (Å²) in [7, 11) is 0. The summed E-state index contributed by atoms with van der Waals surface area (Å²) in [4.78, 5) is 34.3. The fourth-order valence-corrected chi connectivity index (χ4v) is 2.78. The molecule has 0 bridgehead atoms.